The third-order valence-electron chi connectivity index (χ3n) is 6.82. The van der Waals surface area contributed by atoms with Gasteiger partial charge in [-0.25, -0.2) is 9.50 Å². The number of hydrogen-bond acceptors (Lipinski definition) is 8. The molecule has 12 heteroatoms. The van der Waals surface area contributed by atoms with Crippen molar-refractivity contribution in [3.8, 4) is 22.5 Å². The molecule has 5 aromatic rings. The van der Waals surface area contributed by atoms with Crippen LogP contribution in [-0.4, -0.2) is 41.2 Å². The number of rotatable bonds is 5. The lowest BCUT2D eigenvalue weighted by Gasteiger charge is -2.23. The molecule has 11 nitrogen and oxygen atoms in total. The van der Waals surface area contributed by atoms with Crippen molar-refractivity contribution in [1.29, 1.82) is 0 Å². The van der Waals surface area contributed by atoms with E-state index >= 15 is 0 Å². The summed E-state index contributed by atoms with van der Waals surface area (Å²) in [5.74, 6) is -0.520. The maximum absolute atomic E-state index is 12.8. The van der Waals surface area contributed by atoms with Crippen molar-refractivity contribution in [2.45, 2.75) is 38.1 Å². The molecule has 192 valence electrons. The number of nitrogens with two attached hydrogens (primary N) is 1. The Hall–Kier alpha value is -4.58. The highest BCUT2D eigenvalue weighted by Crippen LogP contribution is 2.37. The molecular weight excluding hydrogens is 502 g/mol. The molecule has 0 atom stereocenters. The van der Waals surface area contributed by atoms with E-state index in [1.54, 1.807) is 28.2 Å². The van der Waals surface area contributed by atoms with Crippen molar-refractivity contribution in [3.05, 3.63) is 71.1 Å². The average molecular weight is 528 g/mol. The Balaban J connectivity index is 1.35. The summed E-state index contributed by atoms with van der Waals surface area (Å²) in [6.07, 6.45) is 10.5. The summed E-state index contributed by atoms with van der Waals surface area (Å²) in [4.78, 5) is 33.5. The van der Waals surface area contributed by atoms with Gasteiger partial charge in [-0.15, -0.1) is 11.3 Å². The minimum absolute atomic E-state index is 0.338. The number of nitrogens with one attached hydrogen (secondary N) is 2. The summed E-state index contributed by atoms with van der Waals surface area (Å²) in [6, 6.07) is 11.5. The predicted octanol–water partition coefficient (Wildman–Crippen LogP) is 3.88. The van der Waals surface area contributed by atoms with E-state index in [2.05, 4.69) is 35.7 Å². The van der Waals surface area contributed by atoms with Gasteiger partial charge < -0.3 is 5.73 Å². The Kier molecular flexibility index (Phi) is 6.30. The molecule has 6 rings (SSSR count). The molecule has 4 N–H and O–H groups in total. The summed E-state index contributed by atoms with van der Waals surface area (Å²) in [6.45, 7) is 0. The van der Waals surface area contributed by atoms with Gasteiger partial charge in [-0.3, -0.25) is 30.1 Å². The van der Waals surface area contributed by atoms with Gasteiger partial charge in [-0.05, 0) is 37.1 Å². The lowest BCUT2D eigenvalue weighted by Crippen LogP contribution is -2.41. The molecular formula is C26H25N9O2S. The number of nitrogens with zero attached hydrogens (tertiary/aromatic N) is 6. The first-order valence-electron chi connectivity index (χ1n) is 12.4. The lowest BCUT2D eigenvalue weighted by molar-refractivity contribution is 0.0849. The maximum atomic E-state index is 12.8. The second kappa shape index (κ2) is 10.1. The first kappa shape index (κ1) is 23.8. The van der Waals surface area contributed by atoms with E-state index in [-0.39, 0.29) is 0 Å². The first-order chi connectivity index (χ1) is 18.6. The van der Waals surface area contributed by atoms with Gasteiger partial charge in [-0.2, -0.15) is 10.2 Å². The normalized spacial score (nSPS) is 14.0. The van der Waals surface area contributed by atoms with Gasteiger partial charge in [0.1, 0.15) is 16.7 Å². The molecule has 2 amide bonds. The Morgan fingerprint density at radius 2 is 1.84 bits per heavy atom. The molecule has 0 bridgehead atoms. The molecule has 0 unspecified atom stereocenters. The SMILES string of the molecule is Nc1ncnn2c(-c3cccc(C(=O)NNC(=O)c4cncs4)c3)cc(-c3ccnn3C3CCCCC3)c12. The Bertz CT molecular complexity index is 1620. The highest BCUT2D eigenvalue weighted by molar-refractivity contribution is 7.11. The van der Waals surface area contributed by atoms with E-state index in [1.165, 1.54) is 43.1 Å². The fraction of sp³-hybridized carbons (Fsp3) is 0.231. The summed E-state index contributed by atoms with van der Waals surface area (Å²) in [5.41, 5.74) is 17.2. The third-order valence-corrected chi connectivity index (χ3v) is 7.59. The number of amides is 2. The number of carbonyl (C=O) groups is 2. The zero-order valence-electron chi connectivity index (χ0n) is 20.4. The Morgan fingerprint density at radius 3 is 2.66 bits per heavy atom. The van der Waals surface area contributed by atoms with Gasteiger partial charge in [0, 0.05) is 22.9 Å². The van der Waals surface area contributed by atoms with Crippen LogP contribution in [0.5, 0.6) is 0 Å². The number of thiazole rings is 1. The van der Waals surface area contributed by atoms with Crippen molar-refractivity contribution >= 4 is 34.5 Å². The molecule has 1 saturated carbocycles. The van der Waals surface area contributed by atoms with E-state index in [9.17, 15) is 9.59 Å². The van der Waals surface area contributed by atoms with Crippen LogP contribution < -0.4 is 16.6 Å². The molecule has 38 heavy (non-hydrogen) atoms. The number of benzene rings is 1. The lowest BCUT2D eigenvalue weighted by atomic mass is 9.95. The van der Waals surface area contributed by atoms with Crippen molar-refractivity contribution in [2.24, 2.45) is 0 Å². The number of anilines is 1. The fourth-order valence-electron chi connectivity index (χ4n) is 5.01. The zero-order valence-corrected chi connectivity index (χ0v) is 21.2. The molecule has 4 heterocycles. The van der Waals surface area contributed by atoms with Crippen LogP contribution in [0, 0.1) is 0 Å². The van der Waals surface area contributed by atoms with Gasteiger partial charge in [0.25, 0.3) is 11.8 Å². The summed E-state index contributed by atoms with van der Waals surface area (Å²) < 4.78 is 3.85. The van der Waals surface area contributed by atoms with E-state index in [4.69, 9.17) is 5.73 Å². The van der Waals surface area contributed by atoms with Crippen molar-refractivity contribution in [2.75, 3.05) is 5.73 Å². The highest BCUT2D eigenvalue weighted by atomic mass is 32.1. The van der Waals surface area contributed by atoms with Crippen molar-refractivity contribution in [3.63, 3.8) is 0 Å². The van der Waals surface area contributed by atoms with Crippen LogP contribution in [0.2, 0.25) is 0 Å². The molecule has 1 aliphatic carbocycles. The van der Waals surface area contributed by atoms with Crippen LogP contribution >= 0.6 is 11.3 Å². The molecule has 0 spiro atoms. The number of carbonyl (C=O) groups excluding carboxylic acids is 2. The molecule has 0 saturated heterocycles. The number of hydrazine groups is 1. The van der Waals surface area contributed by atoms with Crippen LogP contribution in [-0.2, 0) is 0 Å². The quantitative estimate of drug-likeness (QED) is 0.294. The van der Waals surface area contributed by atoms with E-state index in [0.717, 1.165) is 35.4 Å². The second-order valence-electron chi connectivity index (χ2n) is 9.16. The van der Waals surface area contributed by atoms with Crippen LogP contribution in [0.1, 0.15) is 58.2 Å². The minimum atomic E-state index is -0.449. The van der Waals surface area contributed by atoms with Gasteiger partial charge in [0.05, 0.1) is 29.1 Å². The highest BCUT2D eigenvalue weighted by Gasteiger charge is 2.23. The Labute approximate surface area is 221 Å². The summed E-state index contributed by atoms with van der Waals surface area (Å²) in [7, 11) is 0. The van der Waals surface area contributed by atoms with E-state index in [1.807, 2.05) is 24.4 Å². The predicted molar refractivity (Wildman–Crippen MR) is 143 cm³/mol. The molecule has 0 radical (unpaired) electrons. The number of nitrogen functional groups attached to an aromatic ring is 1. The van der Waals surface area contributed by atoms with E-state index < -0.39 is 11.8 Å². The number of hydrogen-bond donors (Lipinski definition) is 3. The molecule has 0 aliphatic heterocycles. The maximum Gasteiger partial charge on any atom is 0.281 e. The van der Waals surface area contributed by atoms with Gasteiger partial charge in [-0.1, -0.05) is 31.4 Å². The van der Waals surface area contributed by atoms with Crippen LogP contribution in [0.4, 0.5) is 5.82 Å². The first-order valence-corrected chi connectivity index (χ1v) is 13.2. The van der Waals surface area contributed by atoms with Crippen molar-refractivity contribution in [1.82, 2.24) is 40.2 Å². The monoisotopic (exact) mass is 527 g/mol. The fourth-order valence-corrected chi connectivity index (χ4v) is 5.52. The molecule has 1 aliphatic rings. The topological polar surface area (TPSA) is 145 Å². The van der Waals surface area contributed by atoms with Crippen LogP contribution in [0.25, 0.3) is 28.0 Å². The van der Waals surface area contributed by atoms with Crippen LogP contribution in [0.3, 0.4) is 0 Å². The second-order valence-corrected chi connectivity index (χ2v) is 10.0. The molecule has 4 aromatic heterocycles. The Morgan fingerprint density at radius 1 is 1.00 bits per heavy atom. The number of aromatic nitrogens is 6. The summed E-state index contributed by atoms with van der Waals surface area (Å²) in [5, 5.41) is 9.15. The smallest absolute Gasteiger partial charge is 0.281 e. The van der Waals surface area contributed by atoms with Gasteiger partial charge >= 0.3 is 0 Å². The average Bonchev–Trinajstić information content (AvgIpc) is 3.72. The van der Waals surface area contributed by atoms with Gasteiger partial charge in [0.2, 0.25) is 0 Å². The third kappa shape index (κ3) is 4.39. The molecule has 1 fully saturated rings. The number of fused-ring (bicyclic) bond motifs is 1. The minimum Gasteiger partial charge on any atom is -0.382 e. The van der Waals surface area contributed by atoms with Gasteiger partial charge in [0.15, 0.2) is 5.82 Å². The van der Waals surface area contributed by atoms with E-state index in [0.29, 0.717) is 27.8 Å². The van der Waals surface area contributed by atoms with Crippen molar-refractivity contribution < 1.29 is 9.59 Å². The zero-order chi connectivity index (χ0) is 26.1. The summed E-state index contributed by atoms with van der Waals surface area (Å²) >= 11 is 1.19. The molecule has 1 aromatic carbocycles. The van der Waals surface area contributed by atoms with Crippen LogP contribution in [0.15, 0.2) is 60.6 Å². The largest absolute Gasteiger partial charge is 0.382 e. The standard InChI is InChI=1S/C26H25N9O2S/c27-24-23-19(20-9-10-30-34(20)18-7-2-1-3-8-18)12-21(35(23)31-14-29-24)16-5-4-6-17(11-16)25(36)32-33-26(37)22-13-28-15-38-22/h4-6,9-15,18H,1-3,7-8H2,(H,32,36)(H,33,37)(H2,27,29,31).